The van der Waals surface area contributed by atoms with E-state index < -0.39 is 6.04 Å². The summed E-state index contributed by atoms with van der Waals surface area (Å²) in [4.78, 5) is 42.8. The molecule has 2 aliphatic carbocycles. The van der Waals surface area contributed by atoms with E-state index in [9.17, 15) is 14.4 Å². The molecule has 0 aromatic heterocycles. The van der Waals surface area contributed by atoms with E-state index in [0.29, 0.717) is 5.69 Å². The van der Waals surface area contributed by atoms with Crippen molar-refractivity contribution in [3.63, 3.8) is 0 Å². The molecular weight excluding hydrogens is 352 g/mol. The van der Waals surface area contributed by atoms with E-state index in [1.54, 1.807) is 12.1 Å². The van der Waals surface area contributed by atoms with Gasteiger partial charge in [-0.1, -0.05) is 58.7 Å². The van der Waals surface area contributed by atoms with Gasteiger partial charge in [0.15, 0.2) is 0 Å². The lowest BCUT2D eigenvalue weighted by molar-refractivity contribution is -0.143. The number of amides is 3. The second-order valence-corrected chi connectivity index (χ2v) is 9.68. The Morgan fingerprint density at radius 3 is 2.11 bits per heavy atom. The van der Waals surface area contributed by atoms with Gasteiger partial charge in [-0.05, 0) is 35.8 Å². The van der Waals surface area contributed by atoms with E-state index in [1.165, 1.54) is 4.90 Å². The van der Waals surface area contributed by atoms with Crippen LogP contribution in [0.1, 0.15) is 59.8 Å². The molecule has 3 fully saturated rings. The van der Waals surface area contributed by atoms with Crippen molar-refractivity contribution in [3.05, 3.63) is 30.3 Å². The molecule has 1 aliphatic heterocycles. The monoisotopic (exact) mass is 382 g/mol. The SMILES string of the molecule is CC1(C)C(C(=O)N(C2CCCC2)C2CC(=O)N(c3ccccc3)C2=O)C1(C)C. The Morgan fingerprint density at radius 2 is 1.57 bits per heavy atom. The van der Waals surface area contributed by atoms with Crippen molar-refractivity contribution < 1.29 is 14.4 Å². The summed E-state index contributed by atoms with van der Waals surface area (Å²) in [6.07, 6.45) is 4.07. The van der Waals surface area contributed by atoms with Crippen LogP contribution in [0, 0.1) is 16.7 Å². The van der Waals surface area contributed by atoms with E-state index in [2.05, 4.69) is 27.7 Å². The lowest BCUT2D eigenvalue weighted by Gasteiger charge is -2.34. The van der Waals surface area contributed by atoms with Crippen molar-refractivity contribution in [2.45, 2.75) is 71.9 Å². The molecule has 5 nitrogen and oxygen atoms in total. The minimum absolute atomic E-state index is 0.0583. The first-order chi connectivity index (χ1) is 13.2. The molecule has 5 heteroatoms. The van der Waals surface area contributed by atoms with Crippen LogP contribution in [0.5, 0.6) is 0 Å². The van der Waals surface area contributed by atoms with Gasteiger partial charge in [-0.3, -0.25) is 14.4 Å². The summed E-state index contributed by atoms with van der Waals surface area (Å²) >= 11 is 0. The van der Waals surface area contributed by atoms with Crippen LogP contribution < -0.4 is 4.90 Å². The fraction of sp³-hybridized carbons (Fsp3) is 0.609. The van der Waals surface area contributed by atoms with Gasteiger partial charge >= 0.3 is 0 Å². The van der Waals surface area contributed by atoms with Gasteiger partial charge < -0.3 is 4.90 Å². The highest BCUT2D eigenvalue weighted by Crippen LogP contribution is 2.69. The smallest absolute Gasteiger partial charge is 0.257 e. The van der Waals surface area contributed by atoms with Gasteiger partial charge in [0.25, 0.3) is 5.91 Å². The highest BCUT2D eigenvalue weighted by molar-refractivity contribution is 6.23. The van der Waals surface area contributed by atoms with Gasteiger partial charge in [-0.15, -0.1) is 0 Å². The van der Waals surface area contributed by atoms with E-state index in [4.69, 9.17) is 0 Å². The van der Waals surface area contributed by atoms with Crippen molar-refractivity contribution in [2.24, 2.45) is 16.7 Å². The largest absolute Gasteiger partial charge is 0.327 e. The molecule has 1 aromatic rings. The molecule has 3 amide bonds. The Balaban J connectivity index is 1.65. The molecule has 1 aromatic carbocycles. The van der Waals surface area contributed by atoms with Crippen molar-refractivity contribution in [1.29, 1.82) is 0 Å². The van der Waals surface area contributed by atoms with E-state index in [1.807, 2.05) is 23.1 Å². The number of anilines is 1. The molecule has 2 saturated carbocycles. The van der Waals surface area contributed by atoms with Crippen LogP contribution in [0.15, 0.2) is 30.3 Å². The van der Waals surface area contributed by atoms with Gasteiger partial charge in [0.2, 0.25) is 11.8 Å². The van der Waals surface area contributed by atoms with Gasteiger partial charge in [0, 0.05) is 12.0 Å². The third-order valence-corrected chi connectivity index (χ3v) is 7.71. The fourth-order valence-corrected chi connectivity index (χ4v) is 5.41. The number of benzene rings is 1. The summed E-state index contributed by atoms with van der Waals surface area (Å²) < 4.78 is 0. The van der Waals surface area contributed by atoms with Crippen LogP contribution in [0.4, 0.5) is 5.69 Å². The number of imide groups is 1. The number of hydrogen-bond donors (Lipinski definition) is 0. The Bertz CT molecular complexity index is 794. The second-order valence-electron chi connectivity index (χ2n) is 9.68. The molecule has 150 valence electrons. The molecule has 28 heavy (non-hydrogen) atoms. The molecule has 0 spiro atoms. The van der Waals surface area contributed by atoms with E-state index in [0.717, 1.165) is 25.7 Å². The topological polar surface area (TPSA) is 57.7 Å². The normalized spacial score (nSPS) is 26.7. The molecule has 1 unspecified atom stereocenters. The molecule has 1 saturated heterocycles. The van der Waals surface area contributed by atoms with Gasteiger partial charge in [-0.2, -0.15) is 0 Å². The number of nitrogens with zero attached hydrogens (tertiary/aromatic N) is 2. The number of carbonyl (C=O) groups excluding carboxylic acids is 3. The Kier molecular flexibility index (Phi) is 4.40. The molecule has 0 bridgehead atoms. The predicted octanol–water partition coefficient (Wildman–Crippen LogP) is 3.77. The summed E-state index contributed by atoms with van der Waals surface area (Å²) in [5.41, 5.74) is 0.406. The van der Waals surface area contributed by atoms with Crippen LogP contribution >= 0.6 is 0 Å². The summed E-state index contributed by atoms with van der Waals surface area (Å²) in [5.74, 6) is -0.517. The third-order valence-electron chi connectivity index (χ3n) is 7.71. The highest BCUT2D eigenvalue weighted by atomic mass is 16.2. The van der Waals surface area contributed by atoms with Crippen LogP contribution in [0.3, 0.4) is 0 Å². The Morgan fingerprint density at radius 1 is 1.00 bits per heavy atom. The first kappa shape index (κ1) is 19.2. The number of hydrogen-bond acceptors (Lipinski definition) is 3. The van der Waals surface area contributed by atoms with Gasteiger partial charge in [-0.25, -0.2) is 4.90 Å². The van der Waals surface area contributed by atoms with Crippen LogP contribution in [0.25, 0.3) is 0 Å². The average Bonchev–Trinajstić information content (AvgIpc) is 3.06. The van der Waals surface area contributed by atoms with Crippen LogP contribution in [-0.4, -0.2) is 34.7 Å². The third kappa shape index (κ3) is 2.70. The molecule has 4 rings (SSSR count). The van der Waals surface area contributed by atoms with Crippen molar-refractivity contribution in [3.8, 4) is 0 Å². The summed E-state index contributed by atoms with van der Waals surface area (Å²) in [6.45, 7) is 8.50. The number of para-hydroxylation sites is 1. The summed E-state index contributed by atoms with van der Waals surface area (Å²) in [7, 11) is 0. The summed E-state index contributed by atoms with van der Waals surface area (Å²) in [6, 6.07) is 8.43. The predicted molar refractivity (Wildman–Crippen MR) is 107 cm³/mol. The first-order valence-electron chi connectivity index (χ1n) is 10.4. The van der Waals surface area contributed by atoms with Gasteiger partial charge in [0.05, 0.1) is 12.1 Å². The maximum Gasteiger partial charge on any atom is 0.257 e. The van der Waals surface area contributed by atoms with E-state index in [-0.39, 0.29) is 46.9 Å². The zero-order valence-corrected chi connectivity index (χ0v) is 17.3. The molecular formula is C23H30N2O3. The van der Waals surface area contributed by atoms with Crippen molar-refractivity contribution >= 4 is 23.4 Å². The minimum Gasteiger partial charge on any atom is -0.327 e. The Hall–Kier alpha value is -2.17. The zero-order valence-electron chi connectivity index (χ0n) is 17.3. The number of carbonyl (C=O) groups is 3. The van der Waals surface area contributed by atoms with Gasteiger partial charge in [0.1, 0.15) is 6.04 Å². The Labute approximate surface area is 167 Å². The lowest BCUT2D eigenvalue weighted by Crippen LogP contribution is -2.51. The van der Waals surface area contributed by atoms with Crippen LogP contribution in [-0.2, 0) is 14.4 Å². The van der Waals surface area contributed by atoms with E-state index >= 15 is 0 Å². The highest BCUT2D eigenvalue weighted by Gasteiger charge is 2.69. The number of rotatable bonds is 4. The first-order valence-corrected chi connectivity index (χ1v) is 10.4. The maximum absolute atomic E-state index is 13.7. The second kappa shape index (κ2) is 6.43. The summed E-state index contributed by atoms with van der Waals surface area (Å²) in [5, 5.41) is 0. The molecule has 3 aliphatic rings. The quantitative estimate of drug-likeness (QED) is 0.745. The van der Waals surface area contributed by atoms with Crippen molar-refractivity contribution in [1.82, 2.24) is 4.90 Å². The van der Waals surface area contributed by atoms with Crippen molar-refractivity contribution in [2.75, 3.05) is 4.90 Å². The zero-order chi connectivity index (χ0) is 20.3. The lowest BCUT2D eigenvalue weighted by atomic mass is 10.0. The molecule has 1 atom stereocenters. The molecule has 0 radical (unpaired) electrons. The standard InChI is InChI=1S/C23H30N2O3/c1-22(2)19(23(22,3)4)21(28)24(15-12-8-9-13-15)17-14-18(26)25(20(17)27)16-10-6-5-7-11-16/h5-7,10-11,15,17,19H,8-9,12-14H2,1-4H3. The minimum atomic E-state index is -0.671. The maximum atomic E-state index is 13.7. The fourth-order valence-electron chi connectivity index (χ4n) is 5.41. The molecule has 0 N–H and O–H groups in total. The molecule has 1 heterocycles. The van der Waals surface area contributed by atoms with Crippen LogP contribution in [0.2, 0.25) is 0 Å². The average molecular weight is 383 g/mol.